The summed E-state index contributed by atoms with van der Waals surface area (Å²) in [7, 11) is 0. The third kappa shape index (κ3) is 4.16. The quantitative estimate of drug-likeness (QED) is 0.619. The van der Waals surface area contributed by atoms with E-state index in [0.29, 0.717) is 0 Å². The molecule has 0 saturated heterocycles. The highest BCUT2D eigenvalue weighted by Gasteiger charge is 2.37. The molecule has 0 spiro atoms. The van der Waals surface area contributed by atoms with Crippen LogP contribution in [-0.4, -0.2) is 46.6 Å². The summed E-state index contributed by atoms with van der Waals surface area (Å²) in [5.74, 6) is -1.16. The van der Waals surface area contributed by atoms with Gasteiger partial charge in [-0.2, -0.15) is 13.2 Å². The Morgan fingerprint density at radius 3 is 2.10 bits per heavy atom. The normalized spacial score (nSPS) is 12.3. The van der Waals surface area contributed by atoms with Gasteiger partial charge in [-0.1, -0.05) is 15.9 Å². The van der Waals surface area contributed by atoms with Crippen LogP contribution in [0.4, 0.5) is 13.2 Å². The van der Waals surface area contributed by atoms with Crippen molar-refractivity contribution in [2.75, 3.05) is 19.8 Å². The molecule has 0 atom stereocenters. The maximum absolute atomic E-state index is 12.9. The number of aliphatic hydroxyl groups is 3. The van der Waals surface area contributed by atoms with Crippen LogP contribution in [0.2, 0.25) is 0 Å². The van der Waals surface area contributed by atoms with Gasteiger partial charge in [0.15, 0.2) is 0 Å². The predicted octanol–water partition coefficient (Wildman–Crippen LogP) is 0.913. The average molecular weight is 372 g/mol. The van der Waals surface area contributed by atoms with Gasteiger partial charge in [0.2, 0.25) is 0 Å². The first-order chi connectivity index (χ1) is 9.69. The lowest BCUT2D eigenvalue weighted by Gasteiger charge is -2.29. The molecule has 0 fully saturated rings. The highest BCUT2D eigenvalue weighted by atomic mass is 79.9. The van der Waals surface area contributed by atoms with Crippen molar-refractivity contribution in [2.24, 2.45) is 0 Å². The highest BCUT2D eigenvalue weighted by molar-refractivity contribution is 9.10. The molecule has 1 aromatic carbocycles. The SMILES string of the molecule is O=C(NC(CO)(CO)CO)c1ccc(Br)cc1C(F)(F)F. The van der Waals surface area contributed by atoms with E-state index in [1.165, 1.54) is 6.07 Å². The molecule has 118 valence electrons. The summed E-state index contributed by atoms with van der Waals surface area (Å²) < 4.78 is 38.9. The molecular weight excluding hydrogens is 359 g/mol. The van der Waals surface area contributed by atoms with Gasteiger partial charge < -0.3 is 20.6 Å². The van der Waals surface area contributed by atoms with Crippen molar-refractivity contribution in [3.05, 3.63) is 33.8 Å². The van der Waals surface area contributed by atoms with Gasteiger partial charge in [0.25, 0.3) is 5.91 Å². The van der Waals surface area contributed by atoms with Crippen molar-refractivity contribution in [1.29, 1.82) is 0 Å². The number of nitrogens with one attached hydrogen (secondary N) is 1. The molecule has 4 N–H and O–H groups in total. The minimum atomic E-state index is -4.75. The first-order valence-electron chi connectivity index (χ1n) is 5.71. The Bertz CT molecular complexity index is 509. The second kappa shape index (κ2) is 6.73. The van der Waals surface area contributed by atoms with Gasteiger partial charge in [0, 0.05) is 4.47 Å². The Kier molecular flexibility index (Phi) is 5.74. The van der Waals surface area contributed by atoms with Crippen molar-refractivity contribution in [1.82, 2.24) is 5.32 Å². The molecule has 1 aromatic rings. The molecule has 21 heavy (non-hydrogen) atoms. The van der Waals surface area contributed by atoms with E-state index in [-0.39, 0.29) is 4.47 Å². The van der Waals surface area contributed by atoms with Crippen molar-refractivity contribution < 1.29 is 33.3 Å². The van der Waals surface area contributed by atoms with Gasteiger partial charge >= 0.3 is 6.18 Å². The zero-order valence-corrected chi connectivity index (χ0v) is 12.2. The van der Waals surface area contributed by atoms with Gasteiger partial charge in [0.05, 0.1) is 30.9 Å². The minimum absolute atomic E-state index is 0.143. The largest absolute Gasteiger partial charge is 0.417 e. The van der Waals surface area contributed by atoms with E-state index in [0.717, 1.165) is 12.1 Å². The Balaban J connectivity index is 3.19. The number of aliphatic hydroxyl groups excluding tert-OH is 3. The van der Waals surface area contributed by atoms with E-state index < -0.39 is 48.6 Å². The van der Waals surface area contributed by atoms with E-state index in [2.05, 4.69) is 15.9 Å². The molecule has 0 unspecified atom stereocenters. The Hall–Kier alpha value is -1.16. The van der Waals surface area contributed by atoms with E-state index in [4.69, 9.17) is 15.3 Å². The molecule has 0 aliphatic carbocycles. The lowest BCUT2D eigenvalue weighted by atomic mass is 10.0. The first-order valence-corrected chi connectivity index (χ1v) is 6.50. The number of carbonyl (C=O) groups excluding carboxylic acids is 1. The van der Waals surface area contributed by atoms with Crippen LogP contribution < -0.4 is 5.32 Å². The van der Waals surface area contributed by atoms with Gasteiger partial charge in [-0.3, -0.25) is 4.79 Å². The van der Waals surface area contributed by atoms with Crippen molar-refractivity contribution in [2.45, 2.75) is 11.7 Å². The van der Waals surface area contributed by atoms with E-state index in [1.54, 1.807) is 0 Å². The smallest absolute Gasteiger partial charge is 0.394 e. The Morgan fingerprint density at radius 1 is 1.14 bits per heavy atom. The van der Waals surface area contributed by atoms with Crippen LogP contribution in [0.1, 0.15) is 15.9 Å². The van der Waals surface area contributed by atoms with Crippen molar-refractivity contribution >= 4 is 21.8 Å². The molecule has 0 heterocycles. The molecule has 0 radical (unpaired) electrons. The van der Waals surface area contributed by atoms with Crippen molar-refractivity contribution in [3.8, 4) is 0 Å². The van der Waals surface area contributed by atoms with Crippen LogP contribution in [0.3, 0.4) is 0 Å². The second-order valence-electron chi connectivity index (χ2n) is 4.40. The van der Waals surface area contributed by atoms with E-state index in [1.807, 2.05) is 5.32 Å². The molecule has 0 aliphatic rings. The molecule has 1 rings (SSSR count). The van der Waals surface area contributed by atoms with Crippen LogP contribution in [0.5, 0.6) is 0 Å². The summed E-state index contributed by atoms with van der Waals surface area (Å²) in [4.78, 5) is 12.0. The molecule has 1 amide bonds. The van der Waals surface area contributed by atoms with Crippen LogP contribution in [0.15, 0.2) is 22.7 Å². The lowest BCUT2D eigenvalue weighted by Crippen LogP contribution is -2.57. The Morgan fingerprint density at radius 2 is 1.67 bits per heavy atom. The Labute approximate surface area is 126 Å². The fourth-order valence-corrected chi connectivity index (χ4v) is 1.89. The number of alkyl halides is 3. The van der Waals surface area contributed by atoms with Gasteiger partial charge in [-0.25, -0.2) is 0 Å². The number of hydrogen-bond donors (Lipinski definition) is 4. The minimum Gasteiger partial charge on any atom is -0.394 e. The van der Waals surface area contributed by atoms with Crippen LogP contribution >= 0.6 is 15.9 Å². The molecular formula is C12H13BrF3NO4. The molecule has 5 nitrogen and oxygen atoms in total. The molecule has 0 bridgehead atoms. The van der Waals surface area contributed by atoms with E-state index in [9.17, 15) is 18.0 Å². The number of benzene rings is 1. The summed E-state index contributed by atoms with van der Waals surface area (Å²) in [5, 5.41) is 29.3. The number of carbonyl (C=O) groups is 1. The lowest BCUT2D eigenvalue weighted by molar-refractivity contribution is -0.138. The van der Waals surface area contributed by atoms with E-state index >= 15 is 0 Å². The number of halogens is 4. The summed E-state index contributed by atoms with van der Waals surface area (Å²) in [6, 6.07) is 2.95. The summed E-state index contributed by atoms with van der Waals surface area (Å²) in [6.07, 6.45) is -4.75. The first kappa shape index (κ1) is 17.9. The predicted molar refractivity (Wildman–Crippen MR) is 70.6 cm³/mol. The summed E-state index contributed by atoms with van der Waals surface area (Å²) >= 11 is 2.89. The topological polar surface area (TPSA) is 89.8 Å². The van der Waals surface area contributed by atoms with Gasteiger partial charge in [-0.05, 0) is 18.2 Å². The summed E-state index contributed by atoms with van der Waals surface area (Å²) in [5.41, 5.74) is -3.64. The average Bonchev–Trinajstić information content (AvgIpc) is 2.43. The van der Waals surface area contributed by atoms with Gasteiger partial charge in [-0.15, -0.1) is 0 Å². The number of rotatable bonds is 5. The van der Waals surface area contributed by atoms with Crippen LogP contribution in [0.25, 0.3) is 0 Å². The maximum atomic E-state index is 12.9. The molecule has 0 aliphatic heterocycles. The molecule has 0 aromatic heterocycles. The summed E-state index contributed by atoms with van der Waals surface area (Å²) in [6.45, 7) is -2.49. The number of hydrogen-bond acceptors (Lipinski definition) is 4. The molecule has 9 heteroatoms. The third-order valence-electron chi connectivity index (χ3n) is 2.82. The fraction of sp³-hybridized carbons (Fsp3) is 0.417. The van der Waals surface area contributed by atoms with Crippen LogP contribution in [0, 0.1) is 0 Å². The zero-order chi connectivity index (χ0) is 16.3. The molecule has 0 saturated carbocycles. The zero-order valence-electron chi connectivity index (χ0n) is 10.6. The van der Waals surface area contributed by atoms with Gasteiger partial charge in [0.1, 0.15) is 5.54 Å². The third-order valence-corrected chi connectivity index (χ3v) is 3.31. The second-order valence-corrected chi connectivity index (χ2v) is 5.31. The van der Waals surface area contributed by atoms with Crippen LogP contribution in [-0.2, 0) is 6.18 Å². The standard InChI is InChI=1S/C12H13BrF3NO4/c13-7-1-2-8(9(3-7)12(14,15)16)10(21)17-11(4-18,5-19)6-20/h1-3,18-20H,4-6H2,(H,17,21). The fourth-order valence-electron chi connectivity index (χ4n) is 1.53. The monoisotopic (exact) mass is 371 g/mol. The number of amides is 1. The highest BCUT2D eigenvalue weighted by Crippen LogP contribution is 2.34. The maximum Gasteiger partial charge on any atom is 0.417 e. The van der Waals surface area contributed by atoms with Crippen molar-refractivity contribution in [3.63, 3.8) is 0 Å².